The van der Waals surface area contributed by atoms with Gasteiger partial charge in [0.05, 0.1) is 12.7 Å². The van der Waals surface area contributed by atoms with Crippen molar-refractivity contribution in [3.8, 4) is 5.75 Å². The van der Waals surface area contributed by atoms with E-state index in [-0.39, 0.29) is 16.7 Å². The van der Waals surface area contributed by atoms with Gasteiger partial charge in [-0.05, 0) is 38.1 Å². The Hall–Kier alpha value is -2.74. The van der Waals surface area contributed by atoms with Gasteiger partial charge in [-0.2, -0.15) is 13.2 Å². The highest BCUT2D eigenvalue weighted by molar-refractivity contribution is 5.79. The number of rotatable bonds is 3. The standard InChI is InChI=1S/C18H16F3NO4/c1-9-6-13(10(2)22-9)17(24,18(19,20)21)14-7-11-4-5-12(25-3)8-15(11)26-16(14)23/h4-8,22,24H,1-3H3. The number of fused-ring (bicyclic) bond motifs is 1. The monoisotopic (exact) mass is 367 g/mol. The summed E-state index contributed by atoms with van der Waals surface area (Å²) in [4.78, 5) is 15.1. The van der Waals surface area contributed by atoms with Crippen molar-refractivity contribution >= 4 is 11.0 Å². The lowest BCUT2D eigenvalue weighted by molar-refractivity contribution is -0.249. The fourth-order valence-corrected chi connectivity index (χ4v) is 3.02. The number of aromatic nitrogens is 1. The fourth-order valence-electron chi connectivity index (χ4n) is 3.02. The second-order valence-corrected chi connectivity index (χ2v) is 6.05. The summed E-state index contributed by atoms with van der Waals surface area (Å²) in [5.41, 5.74) is -5.52. The number of halogens is 3. The normalized spacial score (nSPS) is 14.4. The van der Waals surface area contributed by atoms with E-state index in [1.165, 1.54) is 38.3 Å². The minimum atomic E-state index is -5.14. The van der Waals surface area contributed by atoms with Crippen LogP contribution in [0.1, 0.15) is 22.5 Å². The number of aromatic amines is 1. The topological polar surface area (TPSA) is 75.5 Å². The quantitative estimate of drug-likeness (QED) is 0.695. The highest BCUT2D eigenvalue weighted by Crippen LogP contribution is 2.45. The number of benzene rings is 1. The Labute approximate surface area is 146 Å². The van der Waals surface area contributed by atoms with Crippen LogP contribution in [0.15, 0.2) is 39.5 Å². The molecule has 0 bridgehead atoms. The number of hydrogen-bond donors (Lipinski definition) is 2. The summed E-state index contributed by atoms with van der Waals surface area (Å²) in [5.74, 6) is 0.386. The van der Waals surface area contributed by atoms with Crippen LogP contribution in [-0.4, -0.2) is 23.4 Å². The molecule has 3 aromatic rings. The molecule has 0 saturated carbocycles. The zero-order valence-corrected chi connectivity index (χ0v) is 14.2. The first-order chi connectivity index (χ1) is 12.1. The van der Waals surface area contributed by atoms with E-state index in [0.717, 1.165) is 6.07 Å². The molecule has 5 nitrogen and oxygen atoms in total. The third-order valence-electron chi connectivity index (χ3n) is 4.28. The third-order valence-corrected chi connectivity index (χ3v) is 4.28. The van der Waals surface area contributed by atoms with Crippen molar-refractivity contribution in [2.45, 2.75) is 25.6 Å². The Bertz CT molecular complexity index is 1040. The van der Waals surface area contributed by atoms with E-state index in [1.807, 2.05) is 0 Å². The Balaban J connectivity index is 2.34. The summed E-state index contributed by atoms with van der Waals surface area (Å²) in [7, 11) is 1.41. The van der Waals surface area contributed by atoms with Crippen molar-refractivity contribution in [2.24, 2.45) is 0 Å². The van der Waals surface area contributed by atoms with Gasteiger partial charge in [-0.1, -0.05) is 0 Å². The minimum Gasteiger partial charge on any atom is -0.497 e. The summed E-state index contributed by atoms with van der Waals surface area (Å²) in [6, 6.07) is 6.52. The number of H-pyrrole nitrogens is 1. The van der Waals surface area contributed by atoms with E-state index >= 15 is 0 Å². The lowest BCUT2D eigenvalue weighted by Gasteiger charge is -2.30. The number of methoxy groups -OCH3 is 1. The van der Waals surface area contributed by atoms with Gasteiger partial charge in [-0.15, -0.1) is 0 Å². The first-order valence-corrected chi connectivity index (χ1v) is 7.66. The summed E-state index contributed by atoms with van der Waals surface area (Å²) in [6.45, 7) is 2.95. The van der Waals surface area contributed by atoms with E-state index in [2.05, 4.69) is 4.98 Å². The van der Waals surface area contributed by atoms with Crippen molar-refractivity contribution < 1.29 is 27.4 Å². The van der Waals surface area contributed by atoms with Crippen molar-refractivity contribution in [1.82, 2.24) is 4.98 Å². The largest absolute Gasteiger partial charge is 0.497 e. The van der Waals surface area contributed by atoms with Gasteiger partial charge >= 0.3 is 11.8 Å². The molecule has 0 fully saturated rings. The maximum absolute atomic E-state index is 13.9. The molecule has 0 aliphatic carbocycles. The molecule has 1 atom stereocenters. The summed E-state index contributed by atoms with van der Waals surface area (Å²) in [6.07, 6.45) is -5.14. The van der Waals surface area contributed by atoms with Gasteiger partial charge in [0.25, 0.3) is 0 Å². The van der Waals surface area contributed by atoms with Gasteiger partial charge in [-0.25, -0.2) is 4.79 Å². The molecule has 138 valence electrons. The number of aliphatic hydroxyl groups is 1. The average Bonchev–Trinajstić information content (AvgIpc) is 2.90. The van der Waals surface area contributed by atoms with E-state index in [0.29, 0.717) is 11.4 Å². The lowest BCUT2D eigenvalue weighted by atomic mass is 9.86. The van der Waals surface area contributed by atoms with Crippen molar-refractivity contribution in [3.63, 3.8) is 0 Å². The predicted octanol–water partition coefficient (Wildman–Crippen LogP) is 3.54. The number of hydrogen-bond acceptors (Lipinski definition) is 4. The number of nitrogens with one attached hydrogen (secondary N) is 1. The van der Waals surface area contributed by atoms with Crippen molar-refractivity contribution in [2.75, 3.05) is 7.11 Å². The van der Waals surface area contributed by atoms with Crippen LogP contribution in [0.3, 0.4) is 0 Å². The molecule has 0 spiro atoms. The van der Waals surface area contributed by atoms with Gasteiger partial charge < -0.3 is 19.2 Å². The Morgan fingerprint density at radius 3 is 2.35 bits per heavy atom. The van der Waals surface area contributed by atoms with Crippen LogP contribution < -0.4 is 10.4 Å². The molecule has 2 heterocycles. The molecule has 2 N–H and O–H groups in total. The van der Waals surface area contributed by atoms with Crippen LogP contribution in [0.4, 0.5) is 13.2 Å². The number of aryl methyl sites for hydroxylation is 2. The Kier molecular flexibility index (Phi) is 4.11. The van der Waals surface area contributed by atoms with Crippen LogP contribution in [0, 0.1) is 13.8 Å². The molecule has 2 aromatic heterocycles. The molecule has 1 unspecified atom stereocenters. The summed E-state index contributed by atoms with van der Waals surface area (Å²) < 4.78 is 51.7. The molecule has 26 heavy (non-hydrogen) atoms. The maximum Gasteiger partial charge on any atom is 0.426 e. The zero-order valence-electron chi connectivity index (χ0n) is 14.2. The first kappa shape index (κ1) is 18.1. The Morgan fingerprint density at radius 1 is 1.12 bits per heavy atom. The first-order valence-electron chi connectivity index (χ1n) is 7.66. The molecule has 0 aliphatic heterocycles. The summed E-state index contributed by atoms with van der Waals surface area (Å²) in [5, 5.41) is 10.9. The summed E-state index contributed by atoms with van der Waals surface area (Å²) >= 11 is 0. The van der Waals surface area contributed by atoms with Crippen LogP contribution in [0.2, 0.25) is 0 Å². The Morgan fingerprint density at radius 2 is 1.81 bits per heavy atom. The number of alkyl halides is 3. The van der Waals surface area contributed by atoms with Crippen molar-refractivity contribution in [3.05, 3.63) is 63.3 Å². The van der Waals surface area contributed by atoms with Crippen LogP contribution in [0.5, 0.6) is 5.75 Å². The highest BCUT2D eigenvalue weighted by atomic mass is 19.4. The zero-order chi connectivity index (χ0) is 19.3. The second kappa shape index (κ2) is 5.91. The SMILES string of the molecule is COc1ccc2cc(C(O)(c3cc(C)[nH]c3C)C(F)(F)F)c(=O)oc2c1. The third kappa shape index (κ3) is 2.66. The van der Waals surface area contributed by atoms with E-state index in [9.17, 15) is 23.1 Å². The average molecular weight is 367 g/mol. The maximum atomic E-state index is 13.9. The molecule has 0 amide bonds. The second-order valence-electron chi connectivity index (χ2n) is 6.05. The molecule has 3 rings (SSSR count). The van der Waals surface area contributed by atoms with Crippen LogP contribution >= 0.6 is 0 Å². The smallest absolute Gasteiger partial charge is 0.426 e. The van der Waals surface area contributed by atoms with Gasteiger partial charge in [0.1, 0.15) is 11.3 Å². The fraction of sp³-hybridized carbons (Fsp3) is 0.278. The molecule has 0 aliphatic rings. The minimum absolute atomic E-state index is 0.0598. The molecule has 1 aromatic carbocycles. The molecule has 0 radical (unpaired) electrons. The van der Waals surface area contributed by atoms with Gasteiger partial charge in [0, 0.05) is 28.4 Å². The molecule has 8 heteroatoms. The van der Waals surface area contributed by atoms with Crippen LogP contribution in [-0.2, 0) is 5.60 Å². The lowest BCUT2D eigenvalue weighted by Crippen LogP contribution is -2.46. The van der Waals surface area contributed by atoms with E-state index < -0.39 is 28.5 Å². The highest BCUT2D eigenvalue weighted by Gasteiger charge is 2.59. The van der Waals surface area contributed by atoms with Gasteiger partial charge in [0.15, 0.2) is 0 Å². The number of ether oxygens (including phenoxy) is 1. The van der Waals surface area contributed by atoms with Crippen LogP contribution in [0.25, 0.3) is 11.0 Å². The van der Waals surface area contributed by atoms with Gasteiger partial charge in [-0.3, -0.25) is 0 Å². The van der Waals surface area contributed by atoms with Crippen molar-refractivity contribution in [1.29, 1.82) is 0 Å². The van der Waals surface area contributed by atoms with Gasteiger partial charge in [0.2, 0.25) is 5.60 Å². The molecular weight excluding hydrogens is 351 g/mol. The molecular formula is C18H16F3NO4. The molecule has 0 saturated heterocycles. The predicted molar refractivity (Wildman–Crippen MR) is 88.4 cm³/mol. The van der Waals surface area contributed by atoms with E-state index in [4.69, 9.17) is 9.15 Å². The van der Waals surface area contributed by atoms with E-state index in [1.54, 1.807) is 6.92 Å².